The number of hydrogen-bond acceptors (Lipinski definition) is 8. The van der Waals surface area contributed by atoms with Gasteiger partial charge in [0.15, 0.2) is 6.29 Å². The van der Waals surface area contributed by atoms with Crippen LogP contribution in [0.1, 0.15) is 62.7 Å². The third kappa shape index (κ3) is 3.75. The predicted molar refractivity (Wildman–Crippen MR) is 123 cm³/mol. The van der Waals surface area contributed by atoms with Crippen LogP contribution in [-0.4, -0.2) is 55.1 Å². The van der Waals surface area contributed by atoms with E-state index >= 15 is 0 Å². The van der Waals surface area contributed by atoms with Crippen molar-refractivity contribution in [1.29, 1.82) is 0 Å². The Balaban J connectivity index is 1.79. The maximum Gasteiger partial charge on any atom is 0.495 e. The van der Waals surface area contributed by atoms with Gasteiger partial charge in [0.05, 0.1) is 42.1 Å². The largest absolute Gasteiger partial charge is 0.495 e. The van der Waals surface area contributed by atoms with E-state index in [1.165, 1.54) is 0 Å². The summed E-state index contributed by atoms with van der Waals surface area (Å²) in [5, 5.41) is 11.2. The second-order valence-corrected chi connectivity index (χ2v) is 10.2. The predicted octanol–water partition coefficient (Wildman–Crippen LogP) is 2.01. The molecule has 3 aliphatic heterocycles. The SMILES string of the molecule is CN1CCc2c(c(=O)oc3c(C4OCCCO4)c(B4OC(C)(C)C(C)(C)O4)c(CO)cc23)C1. The number of aliphatic hydroxyl groups excluding tert-OH is 1. The minimum atomic E-state index is -0.766. The van der Waals surface area contributed by atoms with E-state index in [-0.39, 0.29) is 12.2 Å². The van der Waals surface area contributed by atoms with Crippen molar-refractivity contribution >= 4 is 23.6 Å². The molecule has 8 nitrogen and oxygen atoms in total. The lowest BCUT2D eigenvalue weighted by molar-refractivity contribution is -0.182. The molecule has 2 fully saturated rings. The van der Waals surface area contributed by atoms with Gasteiger partial charge in [-0.1, -0.05) is 0 Å². The van der Waals surface area contributed by atoms with Crippen LogP contribution >= 0.6 is 0 Å². The Morgan fingerprint density at radius 3 is 2.42 bits per heavy atom. The molecule has 33 heavy (non-hydrogen) atoms. The minimum Gasteiger partial charge on any atom is -0.422 e. The van der Waals surface area contributed by atoms with E-state index in [0.717, 1.165) is 30.3 Å². The first-order valence-electron chi connectivity index (χ1n) is 11.7. The van der Waals surface area contributed by atoms with Gasteiger partial charge in [0.2, 0.25) is 0 Å². The van der Waals surface area contributed by atoms with Crippen LogP contribution in [0.25, 0.3) is 11.0 Å². The smallest absolute Gasteiger partial charge is 0.422 e. The van der Waals surface area contributed by atoms with Crippen molar-refractivity contribution in [2.75, 3.05) is 26.8 Å². The zero-order chi connectivity index (χ0) is 23.5. The Morgan fingerprint density at radius 1 is 1.12 bits per heavy atom. The summed E-state index contributed by atoms with van der Waals surface area (Å²) in [6.07, 6.45) is 0.765. The van der Waals surface area contributed by atoms with E-state index in [4.69, 9.17) is 23.2 Å². The van der Waals surface area contributed by atoms with Gasteiger partial charge in [-0.2, -0.15) is 0 Å². The second kappa shape index (κ2) is 8.18. The molecule has 2 aromatic rings. The molecule has 0 saturated carbocycles. The quantitative estimate of drug-likeness (QED) is 0.553. The molecule has 178 valence electrons. The zero-order valence-corrected chi connectivity index (χ0v) is 20.0. The molecule has 5 rings (SSSR count). The van der Waals surface area contributed by atoms with Gasteiger partial charge < -0.3 is 33.2 Å². The van der Waals surface area contributed by atoms with Crippen molar-refractivity contribution < 1.29 is 28.3 Å². The van der Waals surface area contributed by atoms with E-state index in [0.29, 0.717) is 47.5 Å². The summed E-state index contributed by atoms with van der Waals surface area (Å²) in [5.41, 5.74) is 2.41. The van der Waals surface area contributed by atoms with Crippen molar-refractivity contribution in [3.8, 4) is 0 Å². The minimum absolute atomic E-state index is 0.219. The summed E-state index contributed by atoms with van der Waals surface area (Å²) in [7, 11) is 1.22. The normalized spacial score (nSPS) is 23.3. The second-order valence-electron chi connectivity index (χ2n) is 10.2. The third-order valence-electron chi connectivity index (χ3n) is 7.47. The highest BCUT2D eigenvalue weighted by Crippen LogP contribution is 2.40. The monoisotopic (exact) mass is 457 g/mol. The van der Waals surface area contributed by atoms with Crippen LogP contribution in [0.15, 0.2) is 15.3 Å². The van der Waals surface area contributed by atoms with Crippen molar-refractivity contribution in [3.05, 3.63) is 38.7 Å². The topological polar surface area (TPSA) is 90.6 Å². The Bertz CT molecular complexity index is 1120. The summed E-state index contributed by atoms with van der Waals surface area (Å²) < 4.78 is 30.7. The lowest BCUT2D eigenvalue weighted by Gasteiger charge is -2.32. The molecule has 0 atom stereocenters. The first-order chi connectivity index (χ1) is 15.6. The third-order valence-corrected chi connectivity index (χ3v) is 7.47. The van der Waals surface area contributed by atoms with Gasteiger partial charge in [0, 0.05) is 18.5 Å². The molecular formula is C24H32BNO7. The van der Waals surface area contributed by atoms with Gasteiger partial charge in [-0.25, -0.2) is 4.79 Å². The standard InChI is InChI=1S/C24H32BNO7/c1-23(2)24(3,4)33-25(32-23)19-14(13-27)11-16-15-7-8-26(5)12-17(15)21(28)31-20(16)18(19)22-29-9-6-10-30-22/h11,22,27H,6-10,12-13H2,1-5H3. The molecule has 1 N–H and O–H groups in total. The Kier molecular flexibility index (Phi) is 5.71. The molecule has 3 aliphatic rings. The molecule has 0 spiro atoms. The summed E-state index contributed by atoms with van der Waals surface area (Å²) >= 11 is 0. The van der Waals surface area contributed by atoms with E-state index < -0.39 is 24.6 Å². The fraction of sp³-hybridized carbons (Fsp3) is 0.625. The number of likely N-dealkylation sites (N-methyl/N-ethyl adjacent to an activating group) is 1. The van der Waals surface area contributed by atoms with Crippen molar-refractivity contribution in [1.82, 2.24) is 4.90 Å². The molecule has 0 unspecified atom stereocenters. The van der Waals surface area contributed by atoms with E-state index in [1.807, 2.05) is 40.8 Å². The number of fused-ring (bicyclic) bond motifs is 3. The number of nitrogens with zero attached hydrogens (tertiary/aromatic N) is 1. The van der Waals surface area contributed by atoms with E-state index in [2.05, 4.69) is 4.90 Å². The number of benzene rings is 1. The van der Waals surface area contributed by atoms with Crippen LogP contribution in [0.2, 0.25) is 0 Å². The van der Waals surface area contributed by atoms with Gasteiger partial charge in [-0.05, 0) is 70.2 Å². The molecule has 0 amide bonds. The summed E-state index contributed by atoms with van der Waals surface area (Å²) in [4.78, 5) is 15.2. The Labute approximate surface area is 193 Å². The van der Waals surface area contributed by atoms with Gasteiger partial charge in [-0.15, -0.1) is 0 Å². The Morgan fingerprint density at radius 2 is 1.79 bits per heavy atom. The molecular weight excluding hydrogens is 425 g/mol. The van der Waals surface area contributed by atoms with Gasteiger partial charge in [0.25, 0.3) is 0 Å². The lowest BCUT2D eigenvalue weighted by atomic mass is 9.71. The molecule has 0 radical (unpaired) electrons. The summed E-state index contributed by atoms with van der Waals surface area (Å²) in [6, 6.07) is 1.91. The number of rotatable bonds is 3. The maximum absolute atomic E-state index is 13.1. The van der Waals surface area contributed by atoms with Crippen LogP contribution in [0, 0.1) is 0 Å². The van der Waals surface area contributed by atoms with Crippen LogP contribution in [0.3, 0.4) is 0 Å². The van der Waals surface area contributed by atoms with E-state index in [9.17, 15) is 9.90 Å². The molecule has 9 heteroatoms. The Hall–Kier alpha value is -1.75. The summed E-state index contributed by atoms with van der Waals surface area (Å²) in [5.74, 6) is 0. The molecule has 2 saturated heterocycles. The molecule has 0 aliphatic carbocycles. The highest BCUT2D eigenvalue weighted by Gasteiger charge is 2.53. The van der Waals surface area contributed by atoms with Gasteiger partial charge in [-0.3, -0.25) is 0 Å². The summed E-state index contributed by atoms with van der Waals surface area (Å²) in [6.45, 7) is 10.1. The highest BCUT2D eigenvalue weighted by molar-refractivity contribution is 6.63. The highest BCUT2D eigenvalue weighted by atomic mass is 16.7. The first kappa shape index (κ1) is 23.0. The first-order valence-corrected chi connectivity index (χ1v) is 11.7. The van der Waals surface area contributed by atoms with Crippen molar-refractivity contribution in [3.63, 3.8) is 0 Å². The average Bonchev–Trinajstić information content (AvgIpc) is 3.00. The maximum atomic E-state index is 13.1. The lowest BCUT2D eigenvalue weighted by Crippen LogP contribution is -2.42. The van der Waals surface area contributed by atoms with Gasteiger partial charge >= 0.3 is 12.7 Å². The van der Waals surface area contributed by atoms with Crippen molar-refractivity contribution in [2.45, 2.75) is 71.2 Å². The van der Waals surface area contributed by atoms with Crippen LogP contribution in [-0.2, 0) is 38.4 Å². The van der Waals surface area contributed by atoms with Crippen LogP contribution < -0.4 is 11.1 Å². The fourth-order valence-electron chi connectivity index (χ4n) is 4.89. The zero-order valence-electron chi connectivity index (χ0n) is 20.0. The molecule has 0 bridgehead atoms. The number of ether oxygens (including phenoxy) is 2. The van der Waals surface area contributed by atoms with Gasteiger partial charge in [0.1, 0.15) is 5.58 Å². The number of aliphatic hydroxyl groups is 1. The van der Waals surface area contributed by atoms with Crippen LogP contribution in [0.5, 0.6) is 0 Å². The van der Waals surface area contributed by atoms with E-state index in [1.54, 1.807) is 0 Å². The van der Waals surface area contributed by atoms with Crippen molar-refractivity contribution in [2.24, 2.45) is 0 Å². The van der Waals surface area contributed by atoms with Crippen LogP contribution in [0.4, 0.5) is 0 Å². The number of hydrogen-bond donors (Lipinski definition) is 1. The molecule has 1 aromatic carbocycles. The molecule has 1 aromatic heterocycles. The molecule has 4 heterocycles. The fourth-order valence-corrected chi connectivity index (χ4v) is 4.89. The average molecular weight is 457 g/mol.